The summed E-state index contributed by atoms with van der Waals surface area (Å²) in [7, 11) is -3.64. The summed E-state index contributed by atoms with van der Waals surface area (Å²) in [6, 6.07) is 2.32. The number of carbonyl (C=O) groups is 1. The molecule has 4 nitrogen and oxygen atoms in total. The van der Waals surface area contributed by atoms with Crippen molar-refractivity contribution in [2.24, 2.45) is 5.92 Å². The SMILES string of the molecule is CC(C)CCS(=O)(=O)c1cc(Cl)cc(C(=O)O)c1Cl. The largest absolute Gasteiger partial charge is 0.478 e. The van der Waals surface area contributed by atoms with Gasteiger partial charge in [0, 0.05) is 5.02 Å². The lowest BCUT2D eigenvalue weighted by molar-refractivity contribution is 0.0697. The fraction of sp³-hybridized carbons (Fsp3) is 0.417. The van der Waals surface area contributed by atoms with E-state index in [9.17, 15) is 13.2 Å². The van der Waals surface area contributed by atoms with Crippen molar-refractivity contribution in [1.82, 2.24) is 0 Å². The van der Waals surface area contributed by atoms with Crippen LogP contribution >= 0.6 is 23.2 Å². The van der Waals surface area contributed by atoms with Gasteiger partial charge in [-0.25, -0.2) is 13.2 Å². The molecule has 0 saturated heterocycles. The third kappa shape index (κ3) is 4.09. The van der Waals surface area contributed by atoms with Crippen molar-refractivity contribution in [3.8, 4) is 0 Å². The highest BCUT2D eigenvalue weighted by molar-refractivity contribution is 7.91. The van der Waals surface area contributed by atoms with Crippen molar-refractivity contribution >= 4 is 39.0 Å². The second-order valence-electron chi connectivity index (χ2n) is 4.57. The number of sulfone groups is 1. The van der Waals surface area contributed by atoms with Gasteiger partial charge in [-0.15, -0.1) is 0 Å². The van der Waals surface area contributed by atoms with Crippen molar-refractivity contribution in [3.05, 3.63) is 27.7 Å². The summed E-state index contributed by atoms with van der Waals surface area (Å²) in [5.41, 5.74) is -0.308. The van der Waals surface area contributed by atoms with Gasteiger partial charge in [-0.05, 0) is 24.5 Å². The Kier molecular flexibility index (Phi) is 5.24. The van der Waals surface area contributed by atoms with E-state index in [0.29, 0.717) is 6.42 Å². The zero-order chi connectivity index (χ0) is 14.8. The minimum Gasteiger partial charge on any atom is -0.478 e. The van der Waals surface area contributed by atoms with Gasteiger partial charge in [0.15, 0.2) is 9.84 Å². The molecule has 0 aliphatic heterocycles. The molecular formula is C12H14Cl2O4S. The molecule has 7 heteroatoms. The van der Waals surface area contributed by atoms with Gasteiger partial charge < -0.3 is 5.11 Å². The molecule has 0 atom stereocenters. The average Bonchev–Trinajstić information content (AvgIpc) is 2.28. The number of carboxylic acids is 1. The van der Waals surface area contributed by atoms with Crippen LogP contribution in [0.1, 0.15) is 30.6 Å². The van der Waals surface area contributed by atoms with E-state index in [-0.39, 0.29) is 32.2 Å². The second-order valence-corrected chi connectivity index (χ2v) is 7.46. The van der Waals surface area contributed by atoms with Gasteiger partial charge in [0.05, 0.1) is 21.2 Å². The van der Waals surface area contributed by atoms with Crippen LogP contribution in [0.2, 0.25) is 10.0 Å². The molecule has 0 aromatic heterocycles. The third-order valence-corrected chi connectivity index (χ3v) is 5.04. The molecular weight excluding hydrogens is 311 g/mol. The van der Waals surface area contributed by atoms with E-state index >= 15 is 0 Å². The predicted molar refractivity (Wildman–Crippen MR) is 74.9 cm³/mol. The molecule has 1 aromatic rings. The Morgan fingerprint density at radius 2 is 1.89 bits per heavy atom. The Labute approximate surface area is 122 Å². The topological polar surface area (TPSA) is 71.4 Å². The summed E-state index contributed by atoms with van der Waals surface area (Å²) in [5, 5.41) is 8.70. The molecule has 0 aliphatic carbocycles. The van der Waals surface area contributed by atoms with Crippen LogP contribution < -0.4 is 0 Å². The summed E-state index contributed by atoms with van der Waals surface area (Å²) >= 11 is 11.6. The summed E-state index contributed by atoms with van der Waals surface area (Å²) < 4.78 is 24.3. The highest BCUT2D eigenvalue weighted by atomic mass is 35.5. The number of benzene rings is 1. The molecule has 1 aromatic carbocycles. The molecule has 0 aliphatic rings. The van der Waals surface area contributed by atoms with E-state index in [4.69, 9.17) is 28.3 Å². The van der Waals surface area contributed by atoms with Crippen LogP contribution in [0.4, 0.5) is 0 Å². The number of halogens is 2. The van der Waals surface area contributed by atoms with E-state index in [1.165, 1.54) is 6.07 Å². The van der Waals surface area contributed by atoms with Gasteiger partial charge in [0.25, 0.3) is 0 Å². The number of rotatable bonds is 5. The van der Waals surface area contributed by atoms with Crippen LogP contribution in [0.25, 0.3) is 0 Å². The Morgan fingerprint density at radius 3 is 2.37 bits per heavy atom. The first-order chi connectivity index (χ1) is 8.65. The van der Waals surface area contributed by atoms with Gasteiger partial charge in [-0.1, -0.05) is 37.0 Å². The summed E-state index contributed by atoms with van der Waals surface area (Å²) in [6.07, 6.45) is 0.466. The van der Waals surface area contributed by atoms with E-state index < -0.39 is 15.8 Å². The van der Waals surface area contributed by atoms with E-state index in [1.54, 1.807) is 0 Å². The third-order valence-electron chi connectivity index (χ3n) is 2.53. The van der Waals surface area contributed by atoms with E-state index in [0.717, 1.165) is 6.07 Å². The van der Waals surface area contributed by atoms with Gasteiger partial charge in [-0.3, -0.25) is 0 Å². The van der Waals surface area contributed by atoms with Crippen molar-refractivity contribution < 1.29 is 18.3 Å². The highest BCUT2D eigenvalue weighted by Gasteiger charge is 2.23. The predicted octanol–water partition coefficient (Wildman–Crippen LogP) is 3.51. The average molecular weight is 325 g/mol. The fourth-order valence-electron chi connectivity index (χ4n) is 1.45. The van der Waals surface area contributed by atoms with E-state index in [1.807, 2.05) is 13.8 Å². The van der Waals surface area contributed by atoms with Crippen molar-refractivity contribution in [2.75, 3.05) is 5.75 Å². The number of hydrogen-bond donors (Lipinski definition) is 1. The minimum absolute atomic E-state index is 0.0323. The molecule has 0 fully saturated rings. The van der Waals surface area contributed by atoms with Crippen LogP contribution in [0.3, 0.4) is 0 Å². The van der Waals surface area contributed by atoms with Crippen molar-refractivity contribution in [2.45, 2.75) is 25.2 Å². The Morgan fingerprint density at radius 1 is 1.32 bits per heavy atom. The van der Waals surface area contributed by atoms with Gasteiger partial charge in [-0.2, -0.15) is 0 Å². The molecule has 0 spiro atoms. The van der Waals surface area contributed by atoms with Gasteiger partial charge >= 0.3 is 5.97 Å². The molecule has 106 valence electrons. The van der Waals surface area contributed by atoms with Crippen LogP contribution in [-0.2, 0) is 9.84 Å². The maximum Gasteiger partial charge on any atom is 0.337 e. The second kappa shape index (κ2) is 6.11. The maximum atomic E-state index is 12.1. The Bertz CT molecular complexity index is 594. The smallest absolute Gasteiger partial charge is 0.337 e. The molecule has 0 heterocycles. The Hall–Kier alpha value is -0.780. The molecule has 1 rings (SSSR count). The lowest BCUT2D eigenvalue weighted by Gasteiger charge is -2.10. The zero-order valence-electron chi connectivity index (χ0n) is 10.5. The molecule has 1 N–H and O–H groups in total. The first-order valence-electron chi connectivity index (χ1n) is 5.60. The highest BCUT2D eigenvalue weighted by Crippen LogP contribution is 2.30. The van der Waals surface area contributed by atoms with E-state index in [2.05, 4.69) is 0 Å². The first kappa shape index (κ1) is 16.3. The number of hydrogen-bond acceptors (Lipinski definition) is 3. The summed E-state index contributed by atoms with van der Waals surface area (Å²) in [4.78, 5) is 10.8. The minimum atomic E-state index is -3.64. The van der Waals surface area contributed by atoms with Crippen LogP contribution in [0.5, 0.6) is 0 Å². The molecule has 0 amide bonds. The zero-order valence-corrected chi connectivity index (χ0v) is 12.8. The van der Waals surface area contributed by atoms with Gasteiger partial charge in [0.1, 0.15) is 0 Å². The quantitative estimate of drug-likeness (QED) is 0.899. The summed E-state index contributed by atoms with van der Waals surface area (Å²) in [6.45, 7) is 3.80. The normalized spacial score (nSPS) is 11.8. The monoisotopic (exact) mass is 324 g/mol. The number of carboxylic acid groups (broad SMARTS) is 1. The molecule has 0 unspecified atom stereocenters. The van der Waals surface area contributed by atoms with Gasteiger partial charge in [0.2, 0.25) is 0 Å². The van der Waals surface area contributed by atoms with Crippen molar-refractivity contribution in [3.63, 3.8) is 0 Å². The van der Waals surface area contributed by atoms with Crippen LogP contribution in [0.15, 0.2) is 17.0 Å². The Balaban J connectivity index is 3.31. The first-order valence-corrected chi connectivity index (χ1v) is 8.01. The molecule has 0 bridgehead atoms. The molecule has 0 radical (unpaired) electrons. The van der Waals surface area contributed by atoms with Crippen molar-refractivity contribution in [1.29, 1.82) is 0 Å². The number of aromatic carboxylic acids is 1. The summed E-state index contributed by atoms with van der Waals surface area (Å²) in [5.74, 6) is -1.19. The standard InChI is InChI=1S/C12H14Cl2O4S/c1-7(2)3-4-19(17,18)10-6-8(13)5-9(11(10)14)12(15)16/h5-7H,3-4H2,1-2H3,(H,15,16). The lowest BCUT2D eigenvalue weighted by atomic mass is 10.2. The fourth-order valence-corrected chi connectivity index (χ4v) is 3.96. The van der Waals surface area contributed by atoms with Crippen LogP contribution in [-0.4, -0.2) is 25.2 Å². The molecule has 19 heavy (non-hydrogen) atoms. The molecule has 0 saturated carbocycles. The maximum absolute atomic E-state index is 12.1. The van der Waals surface area contributed by atoms with Crippen LogP contribution in [0, 0.1) is 5.92 Å². The lowest BCUT2D eigenvalue weighted by Crippen LogP contribution is -2.11.